The van der Waals surface area contributed by atoms with E-state index in [9.17, 15) is 14.4 Å². The van der Waals surface area contributed by atoms with E-state index in [1.54, 1.807) is 34.3 Å². The van der Waals surface area contributed by atoms with Crippen LogP contribution in [0, 0.1) is 0 Å². The van der Waals surface area contributed by atoms with Crippen molar-refractivity contribution < 1.29 is 9.59 Å². The molecule has 28 heavy (non-hydrogen) atoms. The molecule has 0 radical (unpaired) electrons. The van der Waals surface area contributed by atoms with Gasteiger partial charge in [0, 0.05) is 31.5 Å². The number of amides is 2. The molecule has 3 heterocycles. The van der Waals surface area contributed by atoms with Gasteiger partial charge in [0.2, 0.25) is 5.91 Å². The molecule has 0 atom stereocenters. The summed E-state index contributed by atoms with van der Waals surface area (Å²) in [5, 5.41) is 0. The summed E-state index contributed by atoms with van der Waals surface area (Å²) in [6.07, 6.45) is 7.16. The fraction of sp³-hybridized carbons (Fsp3) is 0.429. The fourth-order valence-corrected chi connectivity index (χ4v) is 3.61. The molecule has 0 N–H and O–H groups in total. The molecule has 7 nitrogen and oxygen atoms in total. The van der Waals surface area contributed by atoms with Crippen LogP contribution in [0.1, 0.15) is 41.7 Å². The first kappa shape index (κ1) is 18.4. The van der Waals surface area contributed by atoms with Gasteiger partial charge in [0.25, 0.3) is 11.5 Å². The van der Waals surface area contributed by atoms with Gasteiger partial charge in [-0.2, -0.15) is 0 Å². The number of hydrogen-bond acceptors (Lipinski definition) is 4. The molecular weight excluding hydrogens is 356 g/mol. The Hall–Kier alpha value is -2.96. The number of likely N-dealkylation sites (tertiary alicyclic amines) is 1. The standard InChI is InChI=1S/C21H24N4O3/c26-19(23-11-3-4-12-23)15-24-13-5-7-18(20(24)27)21(28)25(17-8-9-17)14-16-6-1-2-10-22-16/h1-2,5-7,10,13,17H,3-4,8-9,11-12,14-15H2. The van der Waals surface area contributed by atoms with Crippen molar-refractivity contribution in [3.05, 3.63) is 64.3 Å². The smallest absolute Gasteiger partial charge is 0.263 e. The van der Waals surface area contributed by atoms with Gasteiger partial charge in [0.1, 0.15) is 12.1 Å². The van der Waals surface area contributed by atoms with Crippen molar-refractivity contribution in [3.63, 3.8) is 0 Å². The van der Waals surface area contributed by atoms with Crippen molar-refractivity contribution in [1.29, 1.82) is 0 Å². The maximum Gasteiger partial charge on any atom is 0.263 e. The molecule has 2 aromatic heterocycles. The lowest BCUT2D eigenvalue weighted by Gasteiger charge is -2.22. The Bertz CT molecular complexity index is 915. The lowest BCUT2D eigenvalue weighted by molar-refractivity contribution is -0.130. The van der Waals surface area contributed by atoms with E-state index in [1.807, 2.05) is 18.2 Å². The third-order valence-corrected chi connectivity index (χ3v) is 5.32. The predicted molar refractivity (Wildman–Crippen MR) is 104 cm³/mol. The van der Waals surface area contributed by atoms with Gasteiger partial charge in [-0.25, -0.2) is 0 Å². The van der Waals surface area contributed by atoms with Gasteiger partial charge < -0.3 is 14.4 Å². The van der Waals surface area contributed by atoms with E-state index in [2.05, 4.69) is 4.98 Å². The normalized spacial score (nSPS) is 16.2. The van der Waals surface area contributed by atoms with Gasteiger partial charge in [-0.05, 0) is 49.9 Å². The first-order chi connectivity index (χ1) is 13.6. The molecule has 4 rings (SSSR count). The second kappa shape index (κ2) is 7.96. The zero-order chi connectivity index (χ0) is 19.5. The maximum atomic E-state index is 13.1. The van der Waals surface area contributed by atoms with E-state index in [-0.39, 0.29) is 30.0 Å². The van der Waals surface area contributed by atoms with Crippen molar-refractivity contribution in [3.8, 4) is 0 Å². The summed E-state index contributed by atoms with van der Waals surface area (Å²) >= 11 is 0. The average Bonchev–Trinajstić information content (AvgIpc) is 3.40. The van der Waals surface area contributed by atoms with Crippen LogP contribution in [0.5, 0.6) is 0 Å². The van der Waals surface area contributed by atoms with Crippen LogP contribution in [-0.4, -0.2) is 50.3 Å². The number of pyridine rings is 2. The van der Waals surface area contributed by atoms with E-state index in [4.69, 9.17) is 0 Å². The van der Waals surface area contributed by atoms with E-state index in [0.717, 1.165) is 44.5 Å². The zero-order valence-electron chi connectivity index (χ0n) is 15.8. The highest BCUT2D eigenvalue weighted by atomic mass is 16.2. The molecule has 1 aliphatic carbocycles. The number of carbonyl (C=O) groups excluding carboxylic acids is 2. The quantitative estimate of drug-likeness (QED) is 0.764. The molecule has 0 spiro atoms. The number of hydrogen-bond donors (Lipinski definition) is 0. The van der Waals surface area contributed by atoms with E-state index < -0.39 is 5.56 Å². The van der Waals surface area contributed by atoms with Gasteiger partial charge in [0.05, 0.1) is 12.2 Å². The number of carbonyl (C=O) groups is 2. The van der Waals surface area contributed by atoms with Crippen LogP contribution in [0.3, 0.4) is 0 Å². The van der Waals surface area contributed by atoms with E-state index in [1.165, 1.54) is 4.57 Å². The summed E-state index contributed by atoms with van der Waals surface area (Å²) in [5.41, 5.74) is 0.495. The highest BCUT2D eigenvalue weighted by molar-refractivity contribution is 5.94. The molecule has 7 heteroatoms. The molecule has 0 aromatic carbocycles. The average molecular weight is 380 g/mol. The molecular formula is C21H24N4O3. The maximum absolute atomic E-state index is 13.1. The van der Waals surface area contributed by atoms with Crippen molar-refractivity contribution >= 4 is 11.8 Å². The topological polar surface area (TPSA) is 75.5 Å². The first-order valence-corrected chi connectivity index (χ1v) is 9.81. The van der Waals surface area contributed by atoms with Crippen molar-refractivity contribution in [2.24, 2.45) is 0 Å². The van der Waals surface area contributed by atoms with Gasteiger partial charge in [-0.3, -0.25) is 19.4 Å². The summed E-state index contributed by atoms with van der Waals surface area (Å²) in [7, 11) is 0. The van der Waals surface area contributed by atoms with E-state index in [0.29, 0.717) is 6.54 Å². The molecule has 2 fully saturated rings. The second-order valence-electron chi connectivity index (χ2n) is 7.43. The van der Waals surface area contributed by atoms with Crippen LogP contribution < -0.4 is 5.56 Å². The van der Waals surface area contributed by atoms with Crippen LogP contribution in [-0.2, 0) is 17.9 Å². The lowest BCUT2D eigenvalue weighted by atomic mass is 10.2. The summed E-state index contributed by atoms with van der Waals surface area (Å²) in [5.74, 6) is -0.363. The zero-order valence-corrected chi connectivity index (χ0v) is 15.8. The first-order valence-electron chi connectivity index (χ1n) is 9.81. The number of aromatic nitrogens is 2. The minimum absolute atomic E-state index is 0.0242. The summed E-state index contributed by atoms with van der Waals surface area (Å²) in [4.78, 5) is 46.2. The Morgan fingerprint density at radius 2 is 1.89 bits per heavy atom. The molecule has 2 aliphatic rings. The second-order valence-corrected chi connectivity index (χ2v) is 7.43. The van der Waals surface area contributed by atoms with Crippen LogP contribution >= 0.6 is 0 Å². The summed E-state index contributed by atoms with van der Waals surface area (Å²) in [6, 6.07) is 8.96. The van der Waals surface area contributed by atoms with Crippen molar-refractivity contribution in [2.75, 3.05) is 13.1 Å². The third-order valence-electron chi connectivity index (χ3n) is 5.32. The molecule has 2 aromatic rings. The predicted octanol–water partition coefficient (Wildman–Crippen LogP) is 1.67. The van der Waals surface area contributed by atoms with Crippen LogP contribution in [0.2, 0.25) is 0 Å². The van der Waals surface area contributed by atoms with Crippen molar-refractivity contribution in [2.45, 2.75) is 44.8 Å². The molecule has 1 saturated heterocycles. The van der Waals surface area contributed by atoms with Crippen LogP contribution in [0.4, 0.5) is 0 Å². The Morgan fingerprint density at radius 1 is 1.11 bits per heavy atom. The van der Waals surface area contributed by atoms with Crippen LogP contribution in [0.15, 0.2) is 47.5 Å². The van der Waals surface area contributed by atoms with Crippen LogP contribution in [0.25, 0.3) is 0 Å². The van der Waals surface area contributed by atoms with Crippen molar-refractivity contribution in [1.82, 2.24) is 19.4 Å². The van der Waals surface area contributed by atoms with Gasteiger partial charge in [-0.15, -0.1) is 0 Å². The van der Waals surface area contributed by atoms with Gasteiger partial charge in [0.15, 0.2) is 0 Å². The highest BCUT2D eigenvalue weighted by Crippen LogP contribution is 2.29. The monoisotopic (exact) mass is 380 g/mol. The molecule has 1 aliphatic heterocycles. The minimum Gasteiger partial charge on any atom is -0.341 e. The Balaban J connectivity index is 1.54. The van der Waals surface area contributed by atoms with E-state index >= 15 is 0 Å². The van der Waals surface area contributed by atoms with Gasteiger partial charge in [-0.1, -0.05) is 6.07 Å². The molecule has 146 valence electrons. The van der Waals surface area contributed by atoms with Gasteiger partial charge >= 0.3 is 0 Å². The molecule has 1 saturated carbocycles. The lowest BCUT2D eigenvalue weighted by Crippen LogP contribution is -2.39. The number of rotatable bonds is 6. The fourth-order valence-electron chi connectivity index (χ4n) is 3.61. The summed E-state index contributed by atoms with van der Waals surface area (Å²) in [6.45, 7) is 1.84. The summed E-state index contributed by atoms with van der Waals surface area (Å²) < 4.78 is 1.35. The highest BCUT2D eigenvalue weighted by Gasteiger charge is 2.34. The Labute approximate surface area is 163 Å². The Kier molecular flexibility index (Phi) is 5.23. The molecule has 0 bridgehead atoms. The largest absolute Gasteiger partial charge is 0.341 e. The SMILES string of the molecule is O=C(Cn1cccc(C(=O)N(Cc2ccccn2)C2CC2)c1=O)N1CCCC1. The number of nitrogens with zero attached hydrogens (tertiary/aromatic N) is 4. The molecule has 2 amide bonds. The third kappa shape index (κ3) is 3.98. The molecule has 0 unspecified atom stereocenters. The Morgan fingerprint density at radius 3 is 2.57 bits per heavy atom. The minimum atomic E-state index is -0.410.